The minimum atomic E-state index is 0.700. The number of terminal acetylenes is 1. The van der Waals surface area contributed by atoms with E-state index in [4.69, 9.17) is 11.2 Å². The SMILES string of the molecule is C#C/C(=N/c1ccc(OC)cc1)N1CCN(Cc2ccccc2C)CC1. The van der Waals surface area contributed by atoms with Crippen molar-refractivity contribution in [1.82, 2.24) is 9.80 Å². The van der Waals surface area contributed by atoms with E-state index in [1.165, 1.54) is 11.1 Å². The zero-order chi connectivity index (χ0) is 18.4. The number of methoxy groups -OCH3 is 1. The Bertz CT molecular complexity index is 797. The molecule has 134 valence electrons. The van der Waals surface area contributed by atoms with Gasteiger partial charge in [0.2, 0.25) is 0 Å². The van der Waals surface area contributed by atoms with Gasteiger partial charge in [-0.2, -0.15) is 0 Å². The fourth-order valence-electron chi connectivity index (χ4n) is 3.12. The summed E-state index contributed by atoms with van der Waals surface area (Å²) >= 11 is 0. The maximum Gasteiger partial charge on any atom is 0.181 e. The van der Waals surface area contributed by atoms with E-state index in [0.29, 0.717) is 5.84 Å². The molecule has 1 saturated heterocycles. The van der Waals surface area contributed by atoms with Crippen LogP contribution in [0.1, 0.15) is 11.1 Å². The molecule has 0 bridgehead atoms. The third-order valence-corrected chi connectivity index (χ3v) is 4.76. The minimum Gasteiger partial charge on any atom is -0.497 e. The van der Waals surface area contributed by atoms with E-state index in [0.717, 1.165) is 44.2 Å². The highest BCUT2D eigenvalue weighted by Crippen LogP contribution is 2.19. The molecule has 0 amide bonds. The second kappa shape index (κ2) is 8.55. The summed E-state index contributed by atoms with van der Waals surface area (Å²) < 4.78 is 5.18. The van der Waals surface area contributed by atoms with E-state index >= 15 is 0 Å². The Kier molecular flexibility index (Phi) is 5.93. The summed E-state index contributed by atoms with van der Waals surface area (Å²) in [6.07, 6.45) is 5.72. The lowest BCUT2D eigenvalue weighted by molar-refractivity contribution is 0.176. The van der Waals surface area contributed by atoms with E-state index < -0.39 is 0 Å². The Morgan fingerprint density at radius 2 is 1.77 bits per heavy atom. The average Bonchev–Trinajstić information content (AvgIpc) is 2.69. The first-order chi connectivity index (χ1) is 12.7. The van der Waals surface area contributed by atoms with Crippen LogP contribution in [0.3, 0.4) is 0 Å². The number of aliphatic imine (C=N–C) groups is 1. The van der Waals surface area contributed by atoms with E-state index in [2.05, 4.69) is 51.9 Å². The lowest BCUT2D eigenvalue weighted by Crippen LogP contribution is -2.48. The predicted molar refractivity (Wildman–Crippen MR) is 107 cm³/mol. The molecule has 1 aliphatic heterocycles. The minimum absolute atomic E-state index is 0.700. The number of amidine groups is 1. The largest absolute Gasteiger partial charge is 0.497 e. The second-order valence-corrected chi connectivity index (χ2v) is 6.47. The van der Waals surface area contributed by atoms with Crippen molar-refractivity contribution in [2.45, 2.75) is 13.5 Å². The summed E-state index contributed by atoms with van der Waals surface area (Å²) in [4.78, 5) is 9.30. The molecule has 0 N–H and O–H groups in total. The normalized spacial score (nSPS) is 15.6. The Labute approximate surface area is 156 Å². The molecule has 0 radical (unpaired) electrons. The Morgan fingerprint density at radius 1 is 1.08 bits per heavy atom. The predicted octanol–water partition coefficient (Wildman–Crippen LogP) is 3.48. The summed E-state index contributed by atoms with van der Waals surface area (Å²) in [7, 11) is 1.65. The molecular formula is C22H25N3O. The van der Waals surface area contributed by atoms with Crippen LogP contribution in [0.4, 0.5) is 5.69 Å². The molecule has 2 aromatic rings. The third kappa shape index (κ3) is 4.44. The maximum atomic E-state index is 5.72. The van der Waals surface area contributed by atoms with Gasteiger partial charge in [-0.05, 0) is 48.2 Å². The number of rotatable bonds is 4. The number of benzene rings is 2. The van der Waals surface area contributed by atoms with Crippen LogP contribution in [0, 0.1) is 19.3 Å². The van der Waals surface area contributed by atoms with E-state index in [1.54, 1.807) is 7.11 Å². The molecule has 4 nitrogen and oxygen atoms in total. The zero-order valence-electron chi connectivity index (χ0n) is 15.5. The molecule has 2 aromatic carbocycles. The first-order valence-electron chi connectivity index (χ1n) is 8.91. The van der Waals surface area contributed by atoms with E-state index in [1.807, 2.05) is 24.3 Å². The topological polar surface area (TPSA) is 28.1 Å². The summed E-state index contributed by atoms with van der Waals surface area (Å²) in [5.74, 6) is 4.26. The van der Waals surface area contributed by atoms with Crippen molar-refractivity contribution >= 4 is 11.5 Å². The standard InChI is InChI=1S/C22H25N3O/c1-4-22(23-20-9-11-21(26-3)12-10-20)25-15-13-24(14-16-25)17-19-8-6-5-7-18(19)2/h1,5-12H,13-17H2,2-3H3/b23-22-. The molecule has 0 unspecified atom stereocenters. The number of hydrogen-bond acceptors (Lipinski definition) is 3. The van der Waals surface area contributed by atoms with Crippen molar-refractivity contribution in [1.29, 1.82) is 0 Å². The van der Waals surface area contributed by atoms with Gasteiger partial charge in [0.25, 0.3) is 0 Å². The van der Waals surface area contributed by atoms with Crippen LogP contribution in [-0.2, 0) is 6.54 Å². The van der Waals surface area contributed by atoms with Gasteiger partial charge in [0.05, 0.1) is 12.8 Å². The number of aryl methyl sites for hydroxylation is 1. The number of hydrogen-bond donors (Lipinski definition) is 0. The first kappa shape index (κ1) is 18.0. The van der Waals surface area contributed by atoms with Gasteiger partial charge >= 0.3 is 0 Å². The molecule has 26 heavy (non-hydrogen) atoms. The van der Waals surface area contributed by atoms with Crippen LogP contribution >= 0.6 is 0 Å². The van der Waals surface area contributed by atoms with Crippen molar-refractivity contribution in [2.75, 3.05) is 33.3 Å². The number of ether oxygens (including phenoxy) is 1. The van der Waals surface area contributed by atoms with Crippen LogP contribution in [0.15, 0.2) is 53.5 Å². The van der Waals surface area contributed by atoms with Gasteiger partial charge in [-0.25, -0.2) is 4.99 Å². The molecule has 3 rings (SSSR count). The molecule has 0 aliphatic carbocycles. The Hall–Kier alpha value is -2.77. The monoisotopic (exact) mass is 347 g/mol. The molecule has 0 atom stereocenters. The van der Waals surface area contributed by atoms with Gasteiger partial charge < -0.3 is 9.64 Å². The summed E-state index contributed by atoms with van der Waals surface area (Å²) in [6, 6.07) is 16.2. The molecular weight excluding hydrogens is 322 g/mol. The lowest BCUT2D eigenvalue weighted by Gasteiger charge is -2.35. The Morgan fingerprint density at radius 3 is 2.38 bits per heavy atom. The first-order valence-corrected chi connectivity index (χ1v) is 8.91. The molecule has 0 saturated carbocycles. The quantitative estimate of drug-likeness (QED) is 0.481. The molecule has 1 aliphatic rings. The lowest BCUT2D eigenvalue weighted by atomic mass is 10.1. The fraction of sp³-hybridized carbons (Fsp3) is 0.318. The van der Waals surface area contributed by atoms with Crippen LogP contribution < -0.4 is 4.74 Å². The van der Waals surface area contributed by atoms with Gasteiger partial charge in [-0.15, -0.1) is 6.42 Å². The van der Waals surface area contributed by atoms with Crippen LogP contribution in [0.25, 0.3) is 0 Å². The smallest absolute Gasteiger partial charge is 0.181 e. The maximum absolute atomic E-state index is 5.72. The highest BCUT2D eigenvalue weighted by atomic mass is 16.5. The molecule has 4 heteroatoms. The van der Waals surface area contributed by atoms with Crippen LogP contribution in [0.5, 0.6) is 5.75 Å². The van der Waals surface area contributed by atoms with Crippen molar-refractivity contribution < 1.29 is 4.74 Å². The number of nitrogens with zero attached hydrogens (tertiary/aromatic N) is 3. The van der Waals surface area contributed by atoms with Crippen molar-refractivity contribution in [3.63, 3.8) is 0 Å². The summed E-state index contributed by atoms with van der Waals surface area (Å²) in [6.45, 7) is 6.91. The van der Waals surface area contributed by atoms with Gasteiger partial charge in [0.1, 0.15) is 5.75 Å². The zero-order valence-corrected chi connectivity index (χ0v) is 15.5. The highest BCUT2D eigenvalue weighted by Gasteiger charge is 2.19. The van der Waals surface area contributed by atoms with Crippen molar-refractivity contribution in [3.8, 4) is 18.1 Å². The Balaban J connectivity index is 1.61. The highest BCUT2D eigenvalue weighted by molar-refractivity contribution is 5.99. The van der Waals surface area contributed by atoms with Crippen LogP contribution in [-0.4, -0.2) is 48.9 Å². The van der Waals surface area contributed by atoms with Crippen molar-refractivity contribution in [3.05, 3.63) is 59.7 Å². The molecule has 1 fully saturated rings. The van der Waals surface area contributed by atoms with Gasteiger partial charge in [-0.3, -0.25) is 4.90 Å². The number of piperazine rings is 1. The summed E-state index contributed by atoms with van der Waals surface area (Å²) in [5, 5.41) is 0. The van der Waals surface area contributed by atoms with Gasteiger partial charge in [0.15, 0.2) is 5.84 Å². The van der Waals surface area contributed by atoms with Gasteiger partial charge in [-0.1, -0.05) is 24.3 Å². The average molecular weight is 347 g/mol. The van der Waals surface area contributed by atoms with Gasteiger partial charge in [0, 0.05) is 32.7 Å². The molecule has 0 spiro atoms. The third-order valence-electron chi connectivity index (χ3n) is 4.76. The molecule has 1 heterocycles. The van der Waals surface area contributed by atoms with Crippen LogP contribution in [0.2, 0.25) is 0 Å². The van der Waals surface area contributed by atoms with E-state index in [-0.39, 0.29) is 0 Å². The summed E-state index contributed by atoms with van der Waals surface area (Å²) in [5.41, 5.74) is 3.59. The van der Waals surface area contributed by atoms with Crippen molar-refractivity contribution in [2.24, 2.45) is 4.99 Å². The molecule has 0 aromatic heterocycles. The van der Waals surface area contributed by atoms with E-state index in [9.17, 15) is 0 Å². The fourth-order valence-corrected chi connectivity index (χ4v) is 3.12. The second-order valence-electron chi connectivity index (χ2n) is 6.47.